The Balaban J connectivity index is 0. The van der Waals surface area contributed by atoms with Crippen LogP contribution >= 0.6 is 0 Å². The number of rotatable bonds is 0. The first kappa shape index (κ1) is 23.6. The van der Waals surface area contributed by atoms with Gasteiger partial charge >= 0.3 is 135 Å². The van der Waals surface area contributed by atoms with E-state index in [-0.39, 0.29) is 135 Å². The van der Waals surface area contributed by atoms with Crippen LogP contribution in [0.4, 0.5) is 0 Å². The van der Waals surface area contributed by atoms with Crippen LogP contribution in [0, 0.1) is 0 Å². The van der Waals surface area contributed by atoms with Gasteiger partial charge in [-0.25, -0.2) is 0 Å². The van der Waals surface area contributed by atoms with E-state index in [2.05, 4.69) is 0 Å². The van der Waals surface area contributed by atoms with Crippen molar-refractivity contribution in [1.29, 1.82) is 0 Å². The molecule has 0 nitrogen and oxygen atoms in total. The van der Waals surface area contributed by atoms with Gasteiger partial charge in [0.05, 0.1) is 0 Å². The molecular formula is H6Ca2Na2. The summed E-state index contributed by atoms with van der Waals surface area (Å²) < 4.78 is 0. The molecule has 0 saturated carbocycles. The van der Waals surface area contributed by atoms with Crippen molar-refractivity contribution in [2.75, 3.05) is 0 Å². The molecule has 0 heterocycles. The molecule has 0 spiro atoms. The van der Waals surface area contributed by atoms with Gasteiger partial charge in [0.15, 0.2) is 0 Å². The van der Waals surface area contributed by atoms with Crippen LogP contribution in [0.2, 0.25) is 0 Å². The van der Waals surface area contributed by atoms with Gasteiger partial charge < -0.3 is 0 Å². The molecule has 0 aliphatic carbocycles. The van der Waals surface area contributed by atoms with E-state index < -0.39 is 0 Å². The zero-order valence-electron chi connectivity index (χ0n) is 0. The summed E-state index contributed by atoms with van der Waals surface area (Å²) in [6, 6.07) is 0. The predicted octanol–water partition coefficient (Wildman–Crippen LogP) is -3.13. The van der Waals surface area contributed by atoms with Crippen LogP contribution in [0.25, 0.3) is 0 Å². The Labute approximate surface area is 130 Å². The summed E-state index contributed by atoms with van der Waals surface area (Å²) in [4.78, 5) is 0. The molecule has 0 aliphatic rings. The summed E-state index contributed by atoms with van der Waals surface area (Å²) in [5.74, 6) is 0. The van der Waals surface area contributed by atoms with Crippen LogP contribution < -0.4 is 0 Å². The zero-order chi connectivity index (χ0) is 0. The Hall–Kier alpha value is 4.52. The van der Waals surface area contributed by atoms with Crippen molar-refractivity contribution in [2.24, 2.45) is 0 Å². The first-order valence-corrected chi connectivity index (χ1v) is 0. The van der Waals surface area contributed by atoms with Gasteiger partial charge in [-0.1, -0.05) is 0 Å². The maximum absolute atomic E-state index is 0. The van der Waals surface area contributed by atoms with Crippen molar-refractivity contribution in [2.45, 2.75) is 0 Å². The fraction of sp³-hybridized carbons (Fsp3) is 0. The molecule has 0 amide bonds. The minimum absolute atomic E-state index is 0. The molecule has 4 heteroatoms. The Morgan fingerprint density at radius 3 is 0.500 bits per heavy atom. The van der Waals surface area contributed by atoms with Gasteiger partial charge in [0.2, 0.25) is 0 Å². The van der Waals surface area contributed by atoms with E-state index in [1.807, 2.05) is 0 Å². The summed E-state index contributed by atoms with van der Waals surface area (Å²) >= 11 is 0. The average Bonchev–Trinajstić information content (AvgIpc) is 0. The molecular weight excluding hydrogens is 126 g/mol. The van der Waals surface area contributed by atoms with Gasteiger partial charge in [0, 0.05) is 0 Å². The SMILES string of the molecule is [CaH2].[CaH2].[NaH].[NaH]. The van der Waals surface area contributed by atoms with E-state index in [0.717, 1.165) is 0 Å². The molecule has 0 atom stereocenters. The number of hydrogen-bond donors (Lipinski definition) is 0. The van der Waals surface area contributed by atoms with Gasteiger partial charge in [-0.2, -0.15) is 0 Å². The first-order chi connectivity index (χ1) is 0. The van der Waals surface area contributed by atoms with Gasteiger partial charge in [-0.15, -0.1) is 0 Å². The summed E-state index contributed by atoms with van der Waals surface area (Å²) in [5.41, 5.74) is 0. The van der Waals surface area contributed by atoms with Gasteiger partial charge in [-0.05, 0) is 0 Å². The van der Waals surface area contributed by atoms with Crippen LogP contribution in [-0.2, 0) is 0 Å². The van der Waals surface area contributed by atoms with Crippen molar-refractivity contribution >= 4 is 135 Å². The molecule has 0 fully saturated rings. The summed E-state index contributed by atoms with van der Waals surface area (Å²) in [5, 5.41) is 0. The van der Waals surface area contributed by atoms with Crippen LogP contribution in [0.1, 0.15) is 0 Å². The molecule has 0 aromatic carbocycles. The summed E-state index contributed by atoms with van der Waals surface area (Å²) in [6.45, 7) is 0. The van der Waals surface area contributed by atoms with E-state index >= 15 is 0 Å². The second-order valence-electron chi connectivity index (χ2n) is 0. The average molecular weight is 132 g/mol. The molecule has 0 unspecified atom stereocenters. The van der Waals surface area contributed by atoms with Crippen LogP contribution in [0.5, 0.6) is 0 Å². The van der Waals surface area contributed by atoms with Gasteiger partial charge in [-0.3, -0.25) is 0 Å². The monoisotopic (exact) mass is 132 g/mol. The third kappa shape index (κ3) is 9.72. The van der Waals surface area contributed by atoms with Crippen LogP contribution in [0.15, 0.2) is 0 Å². The Bertz CT molecular complexity index is 4.00. The summed E-state index contributed by atoms with van der Waals surface area (Å²) in [7, 11) is 0. The minimum atomic E-state index is 0. The predicted molar refractivity (Wildman–Crippen MR) is 31.4 cm³/mol. The standard InChI is InChI=1S/2Ca.2Na.6H. The zero-order valence-corrected chi connectivity index (χ0v) is 0. The normalized spacial score (nSPS) is 0. The fourth-order valence-corrected chi connectivity index (χ4v) is 0. The maximum atomic E-state index is 0. The molecule has 0 aliphatic heterocycles. The van der Waals surface area contributed by atoms with Gasteiger partial charge in [0.1, 0.15) is 0 Å². The number of hydrogen-bond acceptors (Lipinski definition) is 0. The quantitative estimate of drug-likeness (QED) is 0.306. The molecule has 0 saturated heterocycles. The van der Waals surface area contributed by atoms with Gasteiger partial charge in [0.25, 0.3) is 0 Å². The van der Waals surface area contributed by atoms with Crippen molar-refractivity contribution < 1.29 is 0 Å². The Kier molecular flexibility index (Phi) is 92.3. The van der Waals surface area contributed by atoms with E-state index in [0.29, 0.717) is 0 Å². The molecule has 0 aromatic heterocycles. The topological polar surface area (TPSA) is 0 Å². The third-order valence-electron chi connectivity index (χ3n) is 0. The van der Waals surface area contributed by atoms with E-state index in [9.17, 15) is 0 Å². The molecule has 4 heavy (non-hydrogen) atoms. The second-order valence-corrected chi connectivity index (χ2v) is 0. The fourth-order valence-electron chi connectivity index (χ4n) is 0. The van der Waals surface area contributed by atoms with Crippen molar-refractivity contribution in [1.82, 2.24) is 0 Å². The first-order valence-electron chi connectivity index (χ1n) is 0. The molecule has 12 valence electrons. The summed E-state index contributed by atoms with van der Waals surface area (Å²) in [6.07, 6.45) is 0. The van der Waals surface area contributed by atoms with Crippen molar-refractivity contribution in [3.63, 3.8) is 0 Å². The van der Waals surface area contributed by atoms with Crippen LogP contribution in [0.3, 0.4) is 0 Å². The Morgan fingerprint density at radius 2 is 0.500 bits per heavy atom. The van der Waals surface area contributed by atoms with E-state index in [4.69, 9.17) is 0 Å². The molecule has 0 rings (SSSR count). The Morgan fingerprint density at radius 1 is 0.500 bits per heavy atom. The van der Waals surface area contributed by atoms with E-state index in [1.165, 1.54) is 0 Å². The second kappa shape index (κ2) is 15.6. The molecule has 0 aromatic rings. The molecule has 0 N–H and O–H groups in total. The van der Waals surface area contributed by atoms with Crippen molar-refractivity contribution in [3.8, 4) is 0 Å². The van der Waals surface area contributed by atoms with Crippen molar-refractivity contribution in [3.05, 3.63) is 0 Å². The molecule has 0 bridgehead atoms. The molecule has 0 radical (unpaired) electrons. The third-order valence-corrected chi connectivity index (χ3v) is 0. The van der Waals surface area contributed by atoms with E-state index in [1.54, 1.807) is 0 Å². The van der Waals surface area contributed by atoms with Crippen LogP contribution in [-0.4, -0.2) is 135 Å².